The van der Waals surface area contributed by atoms with Crippen molar-refractivity contribution in [3.8, 4) is 0 Å². The van der Waals surface area contributed by atoms with E-state index in [0.717, 1.165) is 12.8 Å². The first-order valence-electron chi connectivity index (χ1n) is 5.10. The summed E-state index contributed by atoms with van der Waals surface area (Å²) in [6.45, 7) is 5.46. The minimum absolute atomic E-state index is 0.144. The number of carbonyl (C=O) groups is 1. The zero-order valence-corrected chi connectivity index (χ0v) is 8.88. The molecule has 0 bridgehead atoms. The zero-order valence-electron chi connectivity index (χ0n) is 8.88. The van der Waals surface area contributed by atoms with E-state index in [0.29, 0.717) is 26.2 Å². The van der Waals surface area contributed by atoms with Gasteiger partial charge in [0.25, 0.3) is 0 Å². The van der Waals surface area contributed by atoms with E-state index in [1.807, 2.05) is 13.8 Å². The molecule has 14 heavy (non-hydrogen) atoms. The first-order valence-corrected chi connectivity index (χ1v) is 5.10. The second-order valence-corrected chi connectivity index (χ2v) is 3.49. The third kappa shape index (κ3) is 3.64. The van der Waals surface area contributed by atoms with Crippen LogP contribution in [0.25, 0.3) is 0 Å². The Morgan fingerprint density at radius 3 is 2.64 bits per heavy atom. The van der Waals surface area contributed by atoms with Crippen molar-refractivity contribution in [2.24, 2.45) is 0 Å². The minimum atomic E-state index is -0.480. The molecular formula is C10H18O4. The number of ether oxygens (including phenoxy) is 3. The molecule has 0 aromatic rings. The molecule has 1 heterocycles. The van der Waals surface area contributed by atoms with Crippen molar-refractivity contribution in [2.45, 2.75) is 38.9 Å². The predicted octanol–water partition coefficient (Wildman–Crippen LogP) is 1.48. The third-order valence-corrected chi connectivity index (χ3v) is 2.22. The second-order valence-electron chi connectivity index (χ2n) is 3.49. The summed E-state index contributed by atoms with van der Waals surface area (Å²) >= 11 is 0. The van der Waals surface area contributed by atoms with Gasteiger partial charge in [0, 0.05) is 12.8 Å². The van der Waals surface area contributed by atoms with Gasteiger partial charge in [-0.3, -0.25) is 4.79 Å². The van der Waals surface area contributed by atoms with Crippen LogP contribution in [-0.2, 0) is 19.0 Å². The summed E-state index contributed by atoms with van der Waals surface area (Å²) < 4.78 is 15.6. The summed E-state index contributed by atoms with van der Waals surface area (Å²) in [6.07, 6.45) is 1.93. The van der Waals surface area contributed by atoms with Gasteiger partial charge in [0.1, 0.15) is 0 Å². The SMILES string of the molecule is CCOC(=O)CCCC1(C)OCCO1. The fourth-order valence-corrected chi connectivity index (χ4v) is 1.49. The fraction of sp³-hybridized carbons (Fsp3) is 0.900. The van der Waals surface area contributed by atoms with Gasteiger partial charge in [-0.2, -0.15) is 0 Å². The lowest BCUT2D eigenvalue weighted by Gasteiger charge is -2.21. The van der Waals surface area contributed by atoms with Crippen molar-refractivity contribution in [2.75, 3.05) is 19.8 Å². The smallest absolute Gasteiger partial charge is 0.305 e. The molecule has 0 aromatic carbocycles. The Balaban J connectivity index is 2.11. The van der Waals surface area contributed by atoms with Crippen LogP contribution in [0.15, 0.2) is 0 Å². The van der Waals surface area contributed by atoms with E-state index in [2.05, 4.69) is 0 Å². The maximum atomic E-state index is 11.0. The van der Waals surface area contributed by atoms with E-state index in [1.54, 1.807) is 0 Å². The van der Waals surface area contributed by atoms with Crippen molar-refractivity contribution in [1.82, 2.24) is 0 Å². The van der Waals surface area contributed by atoms with Crippen LogP contribution in [0.4, 0.5) is 0 Å². The molecule has 1 aliphatic rings. The Labute approximate surface area is 84.5 Å². The Bertz CT molecular complexity index is 185. The minimum Gasteiger partial charge on any atom is -0.466 e. The number of esters is 1. The summed E-state index contributed by atoms with van der Waals surface area (Å²) in [5, 5.41) is 0. The first kappa shape index (κ1) is 11.5. The van der Waals surface area contributed by atoms with Crippen molar-refractivity contribution in [3.63, 3.8) is 0 Å². The maximum absolute atomic E-state index is 11.0. The van der Waals surface area contributed by atoms with Crippen molar-refractivity contribution < 1.29 is 19.0 Å². The van der Waals surface area contributed by atoms with E-state index in [-0.39, 0.29) is 5.97 Å². The lowest BCUT2D eigenvalue weighted by molar-refractivity contribution is -0.152. The van der Waals surface area contributed by atoms with Crippen molar-refractivity contribution >= 4 is 5.97 Å². The molecule has 0 amide bonds. The molecule has 0 aromatic heterocycles. The normalized spacial score (nSPS) is 19.6. The Morgan fingerprint density at radius 2 is 2.07 bits per heavy atom. The highest BCUT2D eigenvalue weighted by atomic mass is 16.7. The van der Waals surface area contributed by atoms with Gasteiger partial charge in [-0.15, -0.1) is 0 Å². The van der Waals surface area contributed by atoms with Crippen LogP contribution in [0.3, 0.4) is 0 Å². The van der Waals surface area contributed by atoms with Crippen LogP contribution in [0, 0.1) is 0 Å². The highest BCUT2D eigenvalue weighted by Gasteiger charge is 2.30. The summed E-state index contributed by atoms with van der Waals surface area (Å²) in [4.78, 5) is 11.0. The molecule has 0 radical (unpaired) electrons. The Kier molecular flexibility index (Phi) is 4.35. The van der Waals surface area contributed by atoms with Gasteiger partial charge in [-0.1, -0.05) is 0 Å². The standard InChI is InChI=1S/C10H18O4/c1-3-12-9(11)5-4-6-10(2)13-7-8-14-10/h3-8H2,1-2H3. The van der Waals surface area contributed by atoms with Gasteiger partial charge < -0.3 is 14.2 Å². The molecule has 82 valence electrons. The number of rotatable bonds is 5. The van der Waals surface area contributed by atoms with Crippen LogP contribution < -0.4 is 0 Å². The molecule has 0 atom stereocenters. The zero-order chi connectivity index (χ0) is 10.4. The van der Waals surface area contributed by atoms with Crippen LogP contribution in [0.2, 0.25) is 0 Å². The lowest BCUT2D eigenvalue weighted by atomic mass is 10.1. The largest absolute Gasteiger partial charge is 0.466 e. The molecule has 4 nitrogen and oxygen atoms in total. The Hall–Kier alpha value is -0.610. The molecule has 0 spiro atoms. The van der Waals surface area contributed by atoms with Gasteiger partial charge in [-0.25, -0.2) is 0 Å². The van der Waals surface area contributed by atoms with E-state index in [9.17, 15) is 4.79 Å². The number of hydrogen-bond acceptors (Lipinski definition) is 4. The second kappa shape index (κ2) is 5.32. The predicted molar refractivity (Wildman–Crippen MR) is 50.8 cm³/mol. The van der Waals surface area contributed by atoms with Crippen LogP contribution in [-0.4, -0.2) is 31.6 Å². The topological polar surface area (TPSA) is 44.8 Å². The average Bonchev–Trinajstić information content (AvgIpc) is 2.53. The summed E-state index contributed by atoms with van der Waals surface area (Å²) in [7, 11) is 0. The van der Waals surface area contributed by atoms with Crippen molar-refractivity contribution in [1.29, 1.82) is 0 Å². The first-order chi connectivity index (χ1) is 6.66. The fourth-order valence-electron chi connectivity index (χ4n) is 1.49. The van der Waals surface area contributed by atoms with Gasteiger partial charge >= 0.3 is 5.97 Å². The quantitative estimate of drug-likeness (QED) is 0.633. The third-order valence-electron chi connectivity index (χ3n) is 2.22. The highest BCUT2D eigenvalue weighted by molar-refractivity contribution is 5.69. The molecule has 1 fully saturated rings. The molecule has 4 heteroatoms. The van der Waals surface area contributed by atoms with E-state index in [1.165, 1.54) is 0 Å². The summed E-state index contributed by atoms with van der Waals surface area (Å²) in [5.41, 5.74) is 0. The summed E-state index contributed by atoms with van der Waals surface area (Å²) in [6, 6.07) is 0. The summed E-state index contributed by atoms with van der Waals surface area (Å²) in [5.74, 6) is -0.624. The molecule has 0 unspecified atom stereocenters. The maximum Gasteiger partial charge on any atom is 0.305 e. The van der Waals surface area contributed by atoms with Gasteiger partial charge in [0.2, 0.25) is 0 Å². The molecular weight excluding hydrogens is 184 g/mol. The molecule has 0 N–H and O–H groups in total. The highest BCUT2D eigenvalue weighted by Crippen LogP contribution is 2.24. The van der Waals surface area contributed by atoms with Crippen molar-refractivity contribution in [3.05, 3.63) is 0 Å². The van der Waals surface area contributed by atoms with Crippen LogP contribution in [0.1, 0.15) is 33.1 Å². The van der Waals surface area contributed by atoms with Crippen LogP contribution >= 0.6 is 0 Å². The van der Waals surface area contributed by atoms with E-state index in [4.69, 9.17) is 14.2 Å². The molecule has 1 rings (SSSR count). The van der Waals surface area contributed by atoms with Gasteiger partial charge in [0.05, 0.1) is 19.8 Å². The van der Waals surface area contributed by atoms with E-state index < -0.39 is 5.79 Å². The lowest BCUT2D eigenvalue weighted by Crippen LogP contribution is -2.25. The molecule has 0 aliphatic carbocycles. The Morgan fingerprint density at radius 1 is 1.43 bits per heavy atom. The molecule has 0 saturated carbocycles. The average molecular weight is 202 g/mol. The van der Waals surface area contributed by atoms with Gasteiger partial charge in [0.15, 0.2) is 5.79 Å². The number of carbonyl (C=O) groups excluding carboxylic acids is 1. The van der Waals surface area contributed by atoms with E-state index >= 15 is 0 Å². The number of hydrogen-bond donors (Lipinski definition) is 0. The molecule has 1 saturated heterocycles. The molecule has 1 aliphatic heterocycles. The monoisotopic (exact) mass is 202 g/mol. The van der Waals surface area contributed by atoms with Crippen LogP contribution in [0.5, 0.6) is 0 Å². The van der Waals surface area contributed by atoms with Gasteiger partial charge in [-0.05, 0) is 20.3 Å².